The smallest absolute Gasteiger partial charge is 0.191 e. The normalized spacial score (nSPS) is 13.6. The lowest BCUT2D eigenvalue weighted by molar-refractivity contribution is 0.0548. The summed E-state index contributed by atoms with van der Waals surface area (Å²) in [6.07, 6.45) is 2.09. The van der Waals surface area contributed by atoms with Crippen LogP contribution in [0.15, 0.2) is 23.2 Å². The van der Waals surface area contributed by atoms with Crippen molar-refractivity contribution in [3.05, 3.63) is 35.1 Å². The Morgan fingerprint density at radius 3 is 2.57 bits per heavy atom. The Hall–Kier alpha value is -1.71. The fraction of sp³-hybridized carbons (Fsp3) is 0.632. The van der Waals surface area contributed by atoms with E-state index in [0.717, 1.165) is 19.2 Å². The molecule has 0 aliphatic rings. The van der Waals surface area contributed by atoms with Crippen LogP contribution in [0.5, 0.6) is 0 Å². The lowest BCUT2D eigenvalue weighted by Gasteiger charge is -2.21. The van der Waals surface area contributed by atoms with E-state index < -0.39 is 15.7 Å². The first-order valence-corrected chi connectivity index (χ1v) is 11.4. The Morgan fingerprint density at radius 1 is 1.29 bits per heavy atom. The van der Waals surface area contributed by atoms with Crippen LogP contribution >= 0.6 is 0 Å². The molecule has 9 heteroatoms. The van der Waals surface area contributed by atoms with Crippen LogP contribution in [0.25, 0.3) is 0 Å². The van der Waals surface area contributed by atoms with Gasteiger partial charge in [-0.3, -0.25) is 4.99 Å². The molecule has 1 aromatic carbocycles. The molecule has 0 saturated carbocycles. The Bertz CT molecular complexity index is 739. The summed E-state index contributed by atoms with van der Waals surface area (Å²) in [6, 6.07) is 4.13. The van der Waals surface area contributed by atoms with E-state index in [1.165, 1.54) is 18.2 Å². The maximum atomic E-state index is 13.6. The van der Waals surface area contributed by atoms with Crippen molar-refractivity contribution in [2.45, 2.75) is 31.7 Å². The number of ether oxygens (including phenoxy) is 1. The Morgan fingerprint density at radius 2 is 2.00 bits per heavy atom. The molecule has 2 N–H and O–H groups in total. The fourth-order valence-electron chi connectivity index (χ4n) is 2.67. The zero-order chi connectivity index (χ0) is 21.2. The van der Waals surface area contributed by atoms with Gasteiger partial charge >= 0.3 is 0 Å². The lowest BCUT2D eigenvalue weighted by Crippen LogP contribution is -2.42. The summed E-state index contributed by atoms with van der Waals surface area (Å²) >= 11 is 0. The summed E-state index contributed by atoms with van der Waals surface area (Å²) in [6.45, 7) is 4.35. The summed E-state index contributed by atoms with van der Waals surface area (Å²) in [5.41, 5.74) is 1.16. The number of hydrogen-bond acceptors (Lipinski definition) is 5. The Balaban J connectivity index is 2.70. The molecule has 0 aromatic heterocycles. The van der Waals surface area contributed by atoms with Crippen LogP contribution in [0.1, 0.15) is 24.5 Å². The van der Waals surface area contributed by atoms with Crippen molar-refractivity contribution in [1.29, 1.82) is 0 Å². The second-order valence-electron chi connectivity index (χ2n) is 6.96. The minimum absolute atomic E-state index is 0.0425. The van der Waals surface area contributed by atoms with Crippen LogP contribution in [-0.2, 0) is 26.9 Å². The second-order valence-corrected chi connectivity index (χ2v) is 9.10. The number of sulfone groups is 1. The van der Waals surface area contributed by atoms with Gasteiger partial charge in [-0.05, 0) is 50.7 Å². The molecular formula is C19H33FN4O3S. The summed E-state index contributed by atoms with van der Waals surface area (Å²) < 4.78 is 42.6. The Labute approximate surface area is 168 Å². The molecule has 0 aliphatic heterocycles. The molecule has 0 fully saturated rings. The molecule has 1 aromatic rings. The van der Waals surface area contributed by atoms with E-state index in [1.54, 1.807) is 7.05 Å². The van der Waals surface area contributed by atoms with Gasteiger partial charge in [0.15, 0.2) is 15.8 Å². The number of nitrogens with zero attached hydrogens (tertiary/aromatic N) is 2. The zero-order valence-corrected chi connectivity index (χ0v) is 18.3. The van der Waals surface area contributed by atoms with E-state index in [2.05, 4.69) is 20.5 Å². The second kappa shape index (κ2) is 12.0. The standard InChI is InChI=1S/C19H33FN4O3S/c1-6-27-18(9-10-24(3)4)13-23-19(21-2)22-12-16-11-17(20)8-7-15(16)14-28(5,25)26/h7-8,11,18H,6,9-10,12-14H2,1-5H3,(H2,21,22,23). The van der Waals surface area contributed by atoms with Gasteiger partial charge in [-0.15, -0.1) is 0 Å². The summed E-state index contributed by atoms with van der Waals surface area (Å²) in [7, 11) is 2.47. The van der Waals surface area contributed by atoms with Crippen molar-refractivity contribution in [2.24, 2.45) is 4.99 Å². The molecule has 0 aliphatic carbocycles. The first-order valence-electron chi connectivity index (χ1n) is 9.30. The predicted octanol–water partition coefficient (Wildman–Crippen LogP) is 1.39. The van der Waals surface area contributed by atoms with E-state index in [0.29, 0.717) is 30.2 Å². The van der Waals surface area contributed by atoms with Crippen molar-refractivity contribution < 1.29 is 17.5 Å². The molecule has 1 rings (SSSR count). The maximum Gasteiger partial charge on any atom is 0.191 e. The van der Waals surface area contributed by atoms with E-state index in [9.17, 15) is 12.8 Å². The van der Waals surface area contributed by atoms with Crippen LogP contribution in [-0.4, -0.2) is 72.5 Å². The molecule has 0 radical (unpaired) electrons. The van der Waals surface area contributed by atoms with E-state index in [4.69, 9.17) is 4.74 Å². The average molecular weight is 417 g/mol. The number of rotatable bonds is 11. The summed E-state index contributed by atoms with van der Waals surface area (Å²) in [5, 5.41) is 6.33. The molecule has 0 saturated heterocycles. The van der Waals surface area contributed by atoms with Crippen LogP contribution in [0.3, 0.4) is 0 Å². The monoisotopic (exact) mass is 416 g/mol. The minimum atomic E-state index is -3.21. The molecule has 1 unspecified atom stereocenters. The van der Waals surface area contributed by atoms with Crippen molar-refractivity contribution in [2.75, 3.05) is 47.1 Å². The zero-order valence-electron chi connectivity index (χ0n) is 17.5. The molecule has 0 heterocycles. The molecule has 1 atom stereocenters. The largest absolute Gasteiger partial charge is 0.377 e. The third kappa shape index (κ3) is 10.0. The minimum Gasteiger partial charge on any atom is -0.377 e. The molecule has 7 nitrogen and oxygen atoms in total. The van der Waals surface area contributed by atoms with Crippen LogP contribution in [0.2, 0.25) is 0 Å². The molecule has 28 heavy (non-hydrogen) atoms. The van der Waals surface area contributed by atoms with Crippen LogP contribution in [0, 0.1) is 5.82 Å². The quantitative estimate of drug-likeness (QED) is 0.419. The number of nitrogens with one attached hydrogen (secondary N) is 2. The van der Waals surface area contributed by atoms with Crippen molar-refractivity contribution >= 4 is 15.8 Å². The average Bonchev–Trinajstić information content (AvgIpc) is 2.60. The molecule has 160 valence electrons. The number of aliphatic imine (C=N–C) groups is 1. The highest BCUT2D eigenvalue weighted by Crippen LogP contribution is 2.14. The lowest BCUT2D eigenvalue weighted by atomic mass is 10.1. The van der Waals surface area contributed by atoms with Gasteiger partial charge in [-0.2, -0.15) is 0 Å². The molecule has 0 bridgehead atoms. The highest BCUT2D eigenvalue weighted by Gasteiger charge is 2.13. The topological polar surface area (TPSA) is 83.0 Å². The van der Waals surface area contributed by atoms with Gasteiger partial charge < -0.3 is 20.3 Å². The van der Waals surface area contributed by atoms with Gasteiger partial charge in [0, 0.05) is 39.5 Å². The van der Waals surface area contributed by atoms with E-state index in [-0.39, 0.29) is 18.4 Å². The number of hydrogen-bond donors (Lipinski definition) is 2. The van der Waals surface area contributed by atoms with Crippen LogP contribution in [0.4, 0.5) is 4.39 Å². The SMILES string of the molecule is CCOC(CCN(C)C)CNC(=NC)NCc1cc(F)ccc1CS(C)(=O)=O. The number of halogens is 1. The molecule has 0 spiro atoms. The van der Waals surface area contributed by atoms with Crippen LogP contribution < -0.4 is 10.6 Å². The first-order chi connectivity index (χ1) is 13.1. The van der Waals surface area contributed by atoms with Gasteiger partial charge in [0.2, 0.25) is 0 Å². The van der Waals surface area contributed by atoms with Gasteiger partial charge in [0.05, 0.1) is 11.9 Å². The van der Waals surface area contributed by atoms with Crippen molar-refractivity contribution in [1.82, 2.24) is 15.5 Å². The molecular weight excluding hydrogens is 383 g/mol. The summed E-state index contributed by atoms with van der Waals surface area (Å²) in [5.74, 6) is 0.00834. The van der Waals surface area contributed by atoms with Gasteiger partial charge in [0.25, 0.3) is 0 Å². The van der Waals surface area contributed by atoms with Crippen molar-refractivity contribution in [3.63, 3.8) is 0 Å². The predicted molar refractivity (Wildman–Crippen MR) is 112 cm³/mol. The third-order valence-corrected chi connectivity index (χ3v) is 4.89. The maximum absolute atomic E-state index is 13.6. The highest BCUT2D eigenvalue weighted by atomic mass is 32.2. The molecule has 0 amide bonds. The van der Waals surface area contributed by atoms with Gasteiger partial charge in [0.1, 0.15) is 5.82 Å². The number of guanidine groups is 1. The Kier molecular flexibility index (Phi) is 10.4. The third-order valence-electron chi connectivity index (χ3n) is 4.05. The van der Waals surface area contributed by atoms with Crippen molar-refractivity contribution in [3.8, 4) is 0 Å². The fourth-order valence-corrected chi connectivity index (χ4v) is 3.52. The van der Waals surface area contributed by atoms with Gasteiger partial charge in [-0.25, -0.2) is 12.8 Å². The number of benzene rings is 1. The van der Waals surface area contributed by atoms with E-state index >= 15 is 0 Å². The highest BCUT2D eigenvalue weighted by molar-refractivity contribution is 7.89. The van der Waals surface area contributed by atoms with Gasteiger partial charge in [-0.1, -0.05) is 6.07 Å². The summed E-state index contributed by atoms with van der Waals surface area (Å²) in [4.78, 5) is 6.28. The first kappa shape index (κ1) is 24.3. The van der Waals surface area contributed by atoms with E-state index in [1.807, 2.05) is 21.0 Å².